The molecule has 184 valence electrons. The van der Waals surface area contributed by atoms with Crippen LogP contribution < -0.4 is 10.1 Å². The third-order valence-electron chi connectivity index (χ3n) is 7.04. The molecule has 1 N–H and O–H groups in total. The average molecular weight is 484 g/mol. The van der Waals surface area contributed by atoms with Gasteiger partial charge in [0, 0.05) is 48.4 Å². The van der Waals surface area contributed by atoms with Crippen molar-refractivity contribution >= 4 is 11.7 Å². The van der Waals surface area contributed by atoms with E-state index in [1.807, 2.05) is 29.2 Å². The summed E-state index contributed by atoms with van der Waals surface area (Å²) < 4.78 is 18.7. The molecular weight excluding hydrogens is 453 g/mol. The van der Waals surface area contributed by atoms with Crippen LogP contribution in [0.2, 0.25) is 0 Å². The van der Waals surface area contributed by atoms with Crippen molar-refractivity contribution < 1.29 is 13.9 Å². The fourth-order valence-corrected chi connectivity index (χ4v) is 4.97. The maximum Gasteiger partial charge on any atom is 0.321 e. The van der Waals surface area contributed by atoms with Crippen molar-refractivity contribution in [1.29, 1.82) is 0 Å². The molecule has 5 nitrogen and oxygen atoms in total. The first kappa shape index (κ1) is 23.9. The molecule has 36 heavy (non-hydrogen) atoms. The summed E-state index contributed by atoms with van der Waals surface area (Å²) in [5.41, 5.74) is 3.67. The number of carbonyl (C=O) groups excluding carboxylic acids is 1. The molecule has 0 radical (unpaired) electrons. The van der Waals surface area contributed by atoms with Gasteiger partial charge in [-0.2, -0.15) is 0 Å². The van der Waals surface area contributed by atoms with Gasteiger partial charge >= 0.3 is 6.03 Å². The minimum absolute atomic E-state index is 0.169. The van der Waals surface area contributed by atoms with E-state index in [-0.39, 0.29) is 17.9 Å². The van der Waals surface area contributed by atoms with Crippen molar-refractivity contribution in [3.05, 3.63) is 95.3 Å². The van der Waals surface area contributed by atoms with Crippen LogP contribution >= 0.6 is 0 Å². The highest BCUT2D eigenvalue weighted by molar-refractivity contribution is 5.89. The Morgan fingerprint density at radius 3 is 2.33 bits per heavy atom. The van der Waals surface area contributed by atoms with Crippen LogP contribution in [0, 0.1) is 17.7 Å². The molecule has 0 saturated carbocycles. The van der Waals surface area contributed by atoms with Gasteiger partial charge in [-0.1, -0.05) is 30.0 Å². The van der Waals surface area contributed by atoms with E-state index in [0.29, 0.717) is 24.7 Å². The molecule has 2 atom stereocenters. The van der Waals surface area contributed by atoms with Crippen molar-refractivity contribution in [3.63, 3.8) is 0 Å². The van der Waals surface area contributed by atoms with Gasteiger partial charge in [0.1, 0.15) is 11.6 Å². The molecule has 3 aromatic carbocycles. The number of methoxy groups -OCH3 is 1. The lowest BCUT2D eigenvalue weighted by Gasteiger charge is -2.51. The van der Waals surface area contributed by atoms with Crippen molar-refractivity contribution in [2.45, 2.75) is 24.8 Å². The zero-order chi connectivity index (χ0) is 24.9. The van der Waals surface area contributed by atoms with Crippen molar-refractivity contribution in [2.75, 3.05) is 38.6 Å². The second-order valence-electron chi connectivity index (χ2n) is 9.36. The SMILES string of the molecule is COc1ccc(C#Cc2ccc(C3CN4CCCCN(C(=O)Nc5cccc(F)c5)CC34)cc2)cc1. The monoisotopic (exact) mass is 483 g/mol. The number of amides is 2. The third kappa shape index (κ3) is 5.53. The first-order valence-electron chi connectivity index (χ1n) is 12.4. The number of nitrogens with one attached hydrogen (secondary N) is 1. The van der Waals surface area contributed by atoms with Gasteiger partial charge < -0.3 is 15.0 Å². The van der Waals surface area contributed by atoms with Gasteiger partial charge in [-0.15, -0.1) is 0 Å². The fraction of sp³-hybridized carbons (Fsp3) is 0.300. The molecule has 2 unspecified atom stereocenters. The summed E-state index contributed by atoms with van der Waals surface area (Å²) in [6.45, 7) is 3.43. The number of fused-ring (bicyclic) bond motifs is 1. The standard InChI is InChI=1S/C30H30FN3O2/c1-36-27-15-11-23(12-16-27)8-7-22-9-13-24(14-10-22)28-20-33-17-2-3-18-34(21-29(28)33)30(35)32-26-6-4-5-25(31)19-26/h4-6,9-16,19,28-29H,2-3,17-18,20-21H2,1H3,(H,32,35). The Bertz CT molecular complexity index is 1260. The Kier molecular flexibility index (Phi) is 7.20. The molecule has 5 rings (SSSR count). The molecule has 0 bridgehead atoms. The van der Waals surface area contributed by atoms with Gasteiger partial charge in [-0.25, -0.2) is 9.18 Å². The number of ether oxygens (including phenoxy) is 1. The normalized spacial score (nSPS) is 19.6. The molecule has 0 aliphatic carbocycles. The number of rotatable bonds is 3. The van der Waals surface area contributed by atoms with Crippen LogP contribution in [-0.2, 0) is 0 Å². The predicted octanol–water partition coefficient (Wildman–Crippen LogP) is 5.33. The second kappa shape index (κ2) is 10.8. The third-order valence-corrected chi connectivity index (χ3v) is 7.04. The minimum Gasteiger partial charge on any atom is -0.497 e. The Hall–Kier alpha value is -3.82. The number of carbonyl (C=O) groups is 1. The van der Waals surface area contributed by atoms with Crippen molar-refractivity contribution in [1.82, 2.24) is 9.80 Å². The number of urea groups is 1. The highest BCUT2D eigenvalue weighted by Gasteiger charge is 2.41. The van der Waals surface area contributed by atoms with E-state index in [1.165, 1.54) is 17.7 Å². The molecule has 2 heterocycles. The van der Waals surface area contributed by atoms with Crippen LogP contribution in [0.1, 0.15) is 35.4 Å². The summed E-state index contributed by atoms with van der Waals surface area (Å²) in [6, 6.07) is 22.3. The number of anilines is 1. The Morgan fingerprint density at radius 1 is 0.944 bits per heavy atom. The van der Waals surface area contributed by atoms with E-state index in [0.717, 1.165) is 42.8 Å². The molecule has 3 aromatic rings. The summed E-state index contributed by atoms with van der Waals surface area (Å²) in [4.78, 5) is 17.3. The Morgan fingerprint density at radius 2 is 1.64 bits per heavy atom. The molecule has 2 aliphatic heterocycles. The molecule has 6 heteroatoms. The van der Waals surface area contributed by atoms with Crippen LogP contribution in [0.3, 0.4) is 0 Å². The molecule has 0 aromatic heterocycles. The van der Waals surface area contributed by atoms with Crippen LogP contribution in [-0.4, -0.2) is 55.2 Å². The largest absolute Gasteiger partial charge is 0.497 e. The van der Waals surface area contributed by atoms with E-state index in [9.17, 15) is 9.18 Å². The van der Waals surface area contributed by atoms with E-state index >= 15 is 0 Å². The molecule has 2 fully saturated rings. The molecule has 0 spiro atoms. The zero-order valence-corrected chi connectivity index (χ0v) is 20.4. The number of hydrogen-bond donors (Lipinski definition) is 1. The van der Waals surface area contributed by atoms with Crippen LogP contribution in [0.25, 0.3) is 0 Å². The number of benzene rings is 3. The molecule has 2 saturated heterocycles. The van der Waals surface area contributed by atoms with E-state index in [4.69, 9.17) is 4.74 Å². The van der Waals surface area contributed by atoms with E-state index in [2.05, 4.69) is 46.3 Å². The van der Waals surface area contributed by atoms with Gasteiger partial charge in [0.15, 0.2) is 0 Å². The van der Waals surface area contributed by atoms with Gasteiger partial charge in [0.05, 0.1) is 7.11 Å². The highest BCUT2D eigenvalue weighted by Crippen LogP contribution is 2.36. The quantitative estimate of drug-likeness (QED) is 0.512. The van der Waals surface area contributed by atoms with Gasteiger partial charge in [-0.05, 0) is 79.5 Å². The summed E-state index contributed by atoms with van der Waals surface area (Å²) >= 11 is 0. The van der Waals surface area contributed by atoms with Gasteiger partial charge in [0.2, 0.25) is 0 Å². The summed E-state index contributed by atoms with van der Waals surface area (Å²) in [6.07, 6.45) is 2.03. The van der Waals surface area contributed by atoms with Gasteiger partial charge in [-0.3, -0.25) is 4.90 Å². The van der Waals surface area contributed by atoms with E-state index < -0.39 is 0 Å². The zero-order valence-electron chi connectivity index (χ0n) is 20.4. The first-order valence-corrected chi connectivity index (χ1v) is 12.4. The Labute approximate surface area is 211 Å². The summed E-state index contributed by atoms with van der Waals surface area (Å²) in [5.74, 6) is 7.27. The molecule has 2 aliphatic rings. The number of nitrogens with zero attached hydrogens (tertiary/aromatic N) is 2. The lowest BCUT2D eigenvalue weighted by atomic mass is 9.81. The van der Waals surface area contributed by atoms with Crippen LogP contribution in [0.5, 0.6) is 5.75 Å². The molecular formula is C30H30FN3O2. The van der Waals surface area contributed by atoms with Gasteiger partial charge in [0.25, 0.3) is 0 Å². The lowest BCUT2D eigenvalue weighted by molar-refractivity contribution is 0.0272. The topological polar surface area (TPSA) is 44.8 Å². The van der Waals surface area contributed by atoms with Crippen molar-refractivity contribution in [3.8, 4) is 17.6 Å². The first-order chi connectivity index (χ1) is 17.6. The summed E-state index contributed by atoms with van der Waals surface area (Å²) in [5, 5.41) is 2.86. The maximum atomic E-state index is 13.5. The fourth-order valence-electron chi connectivity index (χ4n) is 4.97. The average Bonchev–Trinajstić information content (AvgIpc) is 2.88. The Balaban J connectivity index is 1.24. The summed E-state index contributed by atoms with van der Waals surface area (Å²) in [7, 11) is 1.65. The number of halogens is 1. The van der Waals surface area contributed by atoms with Crippen LogP contribution in [0.4, 0.5) is 14.9 Å². The predicted molar refractivity (Wildman–Crippen MR) is 140 cm³/mol. The lowest BCUT2D eigenvalue weighted by Crippen LogP contribution is -2.61. The number of hydrogen-bond acceptors (Lipinski definition) is 3. The smallest absolute Gasteiger partial charge is 0.321 e. The second-order valence-corrected chi connectivity index (χ2v) is 9.36. The van der Waals surface area contributed by atoms with Crippen molar-refractivity contribution in [2.24, 2.45) is 0 Å². The highest BCUT2D eigenvalue weighted by atomic mass is 19.1. The molecule has 2 amide bonds. The van der Waals surface area contributed by atoms with E-state index in [1.54, 1.807) is 19.2 Å². The van der Waals surface area contributed by atoms with Crippen LogP contribution in [0.15, 0.2) is 72.8 Å². The maximum absolute atomic E-state index is 13.5. The minimum atomic E-state index is -0.358.